The predicted octanol–water partition coefficient (Wildman–Crippen LogP) is 5.92. The molecule has 0 bridgehead atoms. The fourth-order valence-electron chi connectivity index (χ4n) is 4.77. The van der Waals surface area contributed by atoms with E-state index in [-0.39, 0.29) is 27.3 Å². The highest BCUT2D eigenvalue weighted by Crippen LogP contribution is 2.32. The van der Waals surface area contributed by atoms with Gasteiger partial charge in [0.05, 0.1) is 31.1 Å². The van der Waals surface area contributed by atoms with E-state index in [0.29, 0.717) is 28.6 Å². The molecule has 0 N–H and O–H groups in total. The van der Waals surface area contributed by atoms with Crippen molar-refractivity contribution in [2.24, 2.45) is 16.9 Å². The van der Waals surface area contributed by atoms with Crippen LogP contribution in [0.3, 0.4) is 0 Å². The van der Waals surface area contributed by atoms with Crippen LogP contribution in [0.25, 0.3) is 10.2 Å². The van der Waals surface area contributed by atoms with Gasteiger partial charge < -0.3 is 0 Å². The van der Waals surface area contributed by atoms with Crippen LogP contribution < -0.4 is 5.01 Å². The molecule has 13 heteroatoms. The molecule has 2 aromatic heterocycles. The lowest BCUT2D eigenvalue weighted by Crippen LogP contribution is -2.42. The maximum Gasteiger partial charge on any atom is 0.324 e. The highest BCUT2D eigenvalue weighted by Gasteiger charge is 2.32. The van der Waals surface area contributed by atoms with Crippen LogP contribution in [-0.2, 0) is 10.0 Å². The first kappa shape index (κ1) is 28.0. The maximum atomic E-state index is 13.7. The van der Waals surface area contributed by atoms with Crippen molar-refractivity contribution in [1.29, 1.82) is 0 Å². The lowest BCUT2D eigenvalue weighted by Gasteiger charge is -2.34. The van der Waals surface area contributed by atoms with Crippen LogP contribution in [0.1, 0.15) is 41.1 Å². The molecule has 40 heavy (non-hydrogen) atoms. The molecule has 2 atom stereocenters. The molecule has 1 aliphatic heterocycles. The number of hydrogen-bond acceptors (Lipinski definition) is 9. The molecule has 0 aliphatic carbocycles. The first-order valence-electron chi connectivity index (χ1n) is 12.6. The van der Waals surface area contributed by atoms with E-state index in [9.17, 15) is 23.3 Å². The summed E-state index contributed by atoms with van der Waals surface area (Å²) in [6.45, 7) is 6.99. The summed E-state index contributed by atoms with van der Waals surface area (Å²) in [6.07, 6.45) is 2.37. The summed E-state index contributed by atoms with van der Waals surface area (Å²) in [5.41, 5.74) is 1.98. The molecule has 5 rings (SSSR count). The number of aryl methyl sites for hydroxylation is 1. The van der Waals surface area contributed by atoms with E-state index < -0.39 is 20.9 Å². The highest BCUT2D eigenvalue weighted by atomic mass is 32.2. The molecule has 1 fully saturated rings. The van der Waals surface area contributed by atoms with Gasteiger partial charge in [0.2, 0.25) is 15.2 Å². The van der Waals surface area contributed by atoms with Gasteiger partial charge in [-0.2, -0.15) is 14.4 Å². The third-order valence-electron chi connectivity index (χ3n) is 6.57. The fraction of sp³-hybridized carbons (Fsp3) is 0.296. The maximum absolute atomic E-state index is 13.7. The Hall–Kier alpha value is -3.52. The number of nitrogens with zero attached hydrogens (tertiary/aromatic N) is 5. The summed E-state index contributed by atoms with van der Waals surface area (Å²) in [4.78, 5) is 29.5. The second kappa shape index (κ2) is 11.2. The Morgan fingerprint density at radius 1 is 1.10 bits per heavy atom. The van der Waals surface area contributed by atoms with Crippen molar-refractivity contribution < 1.29 is 18.1 Å². The molecule has 1 saturated heterocycles. The van der Waals surface area contributed by atoms with E-state index in [1.807, 2.05) is 39.0 Å². The average molecular weight is 598 g/mol. The number of fused-ring (bicyclic) bond motifs is 1. The van der Waals surface area contributed by atoms with Crippen molar-refractivity contribution in [3.8, 4) is 0 Å². The van der Waals surface area contributed by atoms with Crippen LogP contribution >= 0.6 is 22.7 Å². The zero-order valence-corrected chi connectivity index (χ0v) is 24.5. The number of benzene rings is 2. The minimum absolute atomic E-state index is 0.0379. The second-order valence-corrected chi connectivity index (χ2v) is 14.1. The zero-order chi connectivity index (χ0) is 28.6. The van der Waals surface area contributed by atoms with Crippen molar-refractivity contribution in [2.45, 2.75) is 32.1 Å². The molecule has 10 nitrogen and oxygen atoms in total. The molecule has 3 heterocycles. The Kier molecular flexibility index (Phi) is 7.82. The number of hydrazone groups is 1. The Bertz CT molecular complexity index is 1700. The molecule has 2 unspecified atom stereocenters. The molecule has 1 aliphatic rings. The molecule has 2 aromatic carbocycles. The normalized spacial score (nSPS) is 18.4. The number of thiophene rings is 1. The lowest BCUT2D eigenvalue weighted by atomic mass is 9.94. The van der Waals surface area contributed by atoms with Crippen LogP contribution in [0.4, 0.5) is 10.1 Å². The number of rotatable bonds is 7. The quantitative estimate of drug-likeness (QED) is 0.148. The zero-order valence-electron chi connectivity index (χ0n) is 22.1. The van der Waals surface area contributed by atoms with Gasteiger partial charge in [0.1, 0.15) is 0 Å². The van der Waals surface area contributed by atoms with Crippen LogP contribution in [0, 0.1) is 28.9 Å². The number of carbonyl (C=O) groups excluding carboxylic acids is 1. The van der Waals surface area contributed by atoms with Crippen molar-refractivity contribution in [3.63, 3.8) is 0 Å². The SMILES string of the molecule is Cc1ccc2nc(N(/N=C/c3ccc([N+](=O)[O-])s3)C(=O)c3ccc(S(=O)(=O)N4CC(C)CC(C)C4)cc3)sc2c1. The van der Waals surface area contributed by atoms with E-state index in [1.54, 1.807) is 6.07 Å². The van der Waals surface area contributed by atoms with Crippen LogP contribution in [-0.4, -0.2) is 47.8 Å². The standard InChI is InChI=1S/C27H27N5O5S3/c1-17-4-10-23-24(13-17)39-27(29-23)31(28-14-21-7-11-25(38-21)32(34)35)26(33)20-5-8-22(9-6-20)40(36,37)30-15-18(2)12-19(3)16-30/h4-11,13-14,18-19H,12,15-16H2,1-3H3/b28-14+. The first-order chi connectivity index (χ1) is 19.0. The number of nitro groups is 1. The number of hydrogen-bond donors (Lipinski definition) is 0. The van der Waals surface area contributed by atoms with E-state index in [0.717, 1.165) is 33.0 Å². The summed E-state index contributed by atoms with van der Waals surface area (Å²) in [5.74, 6) is 0.0311. The summed E-state index contributed by atoms with van der Waals surface area (Å²) >= 11 is 2.22. The number of sulfonamides is 1. The summed E-state index contributed by atoms with van der Waals surface area (Å²) in [7, 11) is -3.70. The highest BCUT2D eigenvalue weighted by molar-refractivity contribution is 7.89. The Morgan fingerprint density at radius 3 is 2.45 bits per heavy atom. The van der Waals surface area contributed by atoms with Crippen molar-refractivity contribution >= 4 is 65.2 Å². The molecule has 4 aromatic rings. The third-order valence-corrected chi connectivity index (χ3v) is 10.4. The monoisotopic (exact) mass is 597 g/mol. The Morgan fingerprint density at radius 2 is 1.80 bits per heavy atom. The van der Waals surface area contributed by atoms with Crippen molar-refractivity contribution in [3.05, 3.63) is 80.7 Å². The Balaban J connectivity index is 1.46. The van der Waals surface area contributed by atoms with Crippen LogP contribution in [0.15, 0.2) is 64.6 Å². The summed E-state index contributed by atoms with van der Waals surface area (Å²) in [6, 6.07) is 14.5. The number of aromatic nitrogens is 1. The molecule has 208 valence electrons. The second-order valence-electron chi connectivity index (χ2n) is 10.1. The van der Waals surface area contributed by atoms with Gasteiger partial charge in [-0.3, -0.25) is 14.9 Å². The van der Waals surface area contributed by atoms with Gasteiger partial charge in [-0.05, 0) is 73.2 Å². The molecule has 0 saturated carbocycles. The van der Waals surface area contributed by atoms with Gasteiger partial charge in [0.25, 0.3) is 5.91 Å². The van der Waals surface area contributed by atoms with Gasteiger partial charge in [-0.15, -0.1) is 0 Å². The molecular formula is C27H27N5O5S3. The molecular weight excluding hydrogens is 571 g/mol. The minimum Gasteiger partial charge on any atom is -0.267 e. The first-order valence-corrected chi connectivity index (χ1v) is 15.7. The summed E-state index contributed by atoms with van der Waals surface area (Å²) in [5, 5.41) is 16.9. The van der Waals surface area contributed by atoms with Gasteiger partial charge in [0.15, 0.2) is 0 Å². The molecule has 0 spiro atoms. The van der Waals surface area contributed by atoms with Crippen LogP contribution in [0.2, 0.25) is 0 Å². The number of piperidine rings is 1. The van der Waals surface area contributed by atoms with Gasteiger partial charge >= 0.3 is 5.00 Å². The van der Waals surface area contributed by atoms with Gasteiger partial charge in [0, 0.05) is 24.7 Å². The van der Waals surface area contributed by atoms with E-state index >= 15 is 0 Å². The topological polar surface area (TPSA) is 126 Å². The largest absolute Gasteiger partial charge is 0.324 e. The number of carbonyl (C=O) groups is 1. The predicted molar refractivity (Wildman–Crippen MR) is 158 cm³/mol. The van der Waals surface area contributed by atoms with E-state index in [2.05, 4.69) is 10.1 Å². The minimum atomic E-state index is -3.70. The fourth-order valence-corrected chi connectivity index (χ4v) is 8.15. The molecule has 0 radical (unpaired) electrons. The van der Waals surface area contributed by atoms with E-state index in [1.165, 1.54) is 52.2 Å². The van der Waals surface area contributed by atoms with Crippen LogP contribution in [0.5, 0.6) is 0 Å². The Labute approximate surface area is 239 Å². The lowest BCUT2D eigenvalue weighted by molar-refractivity contribution is -0.380. The number of thiazole rings is 1. The summed E-state index contributed by atoms with van der Waals surface area (Å²) < 4.78 is 29.0. The van der Waals surface area contributed by atoms with Crippen molar-refractivity contribution in [1.82, 2.24) is 9.29 Å². The van der Waals surface area contributed by atoms with Gasteiger partial charge in [-0.1, -0.05) is 42.6 Å². The number of anilines is 1. The van der Waals surface area contributed by atoms with E-state index in [4.69, 9.17) is 0 Å². The third kappa shape index (κ3) is 5.82. The van der Waals surface area contributed by atoms with Gasteiger partial charge in [-0.25, -0.2) is 13.4 Å². The smallest absolute Gasteiger partial charge is 0.267 e. The average Bonchev–Trinajstić information content (AvgIpc) is 3.55. The number of amides is 1. The van der Waals surface area contributed by atoms with Crippen molar-refractivity contribution in [2.75, 3.05) is 18.1 Å². The molecule has 1 amide bonds.